The van der Waals surface area contributed by atoms with Crippen LogP contribution in [-0.4, -0.2) is 14.6 Å². The van der Waals surface area contributed by atoms with E-state index in [9.17, 15) is 4.79 Å². The van der Waals surface area contributed by atoms with Crippen molar-refractivity contribution < 1.29 is 0 Å². The number of aryl methyl sites for hydroxylation is 2. The average Bonchev–Trinajstić information content (AvgIpc) is 3.07. The molecule has 2 aromatic heterocycles. The van der Waals surface area contributed by atoms with E-state index < -0.39 is 0 Å². The molecule has 142 valence electrons. The lowest BCUT2D eigenvalue weighted by atomic mass is 10.0. The highest BCUT2D eigenvalue weighted by atomic mass is 35.5. The molecule has 0 saturated heterocycles. The van der Waals surface area contributed by atoms with Gasteiger partial charge in [-0.3, -0.25) is 9.89 Å². The number of nitrogens with zero attached hydrogens (tertiary/aromatic N) is 2. The van der Waals surface area contributed by atoms with Crippen LogP contribution in [0.15, 0.2) is 64.3 Å². The molecule has 4 aromatic rings. The second-order valence-electron chi connectivity index (χ2n) is 6.67. The van der Waals surface area contributed by atoms with E-state index in [1.165, 1.54) is 10.1 Å². The summed E-state index contributed by atoms with van der Waals surface area (Å²) >= 11 is 7.72. The molecule has 0 aliphatic carbocycles. The zero-order chi connectivity index (χ0) is 19.7. The molecular formula is C22H20ClN3OS. The van der Waals surface area contributed by atoms with Gasteiger partial charge in [0.05, 0.1) is 5.69 Å². The minimum Gasteiger partial charge on any atom is -0.293 e. The van der Waals surface area contributed by atoms with Gasteiger partial charge in [-0.05, 0) is 43.2 Å². The third-order valence-corrected chi connectivity index (χ3v) is 5.94. The summed E-state index contributed by atoms with van der Waals surface area (Å²) in [4.78, 5) is 18.7. The predicted octanol–water partition coefficient (Wildman–Crippen LogP) is 5.51. The molecule has 0 bridgehead atoms. The molecule has 4 rings (SSSR count). The SMILES string of the molecule is CCc1[nH]n2c(=O)cc(CSc3ccc(C)cc3)nc2c1-c1ccc(Cl)cc1. The lowest BCUT2D eigenvalue weighted by molar-refractivity contribution is 0.851. The van der Waals surface area contributed by atoms with Crippen LogP contribution in [0, 0.1) is 6.92 Å². The molecule has 0 radical (unpaired) electrons. The molecule has 2 heterocycles. The molecule has 0 spiro atoms. The van der Waals surface area contributed by atoms with Crippen LogP contribution in [0.2, 0.25) is 5.02 Å². The van der Waals surface area contributed by atoms with Crippen molar-refractivity contribution in [3.05, 3.63) is 86.9 Å². The van der Waals surface area contributed by atoms with Crippen molar-refractivity contribution in [2.24, 2.45) is 0 Å². The number of halogens is 1. The predicted molar refractivity (Wildman–Crippen MR) is 116 cm³/mol. The highest BCUT2D eigenvalue weighted by Gasteiger charge is 2.16. The average molecular weight is 410 g/mol. The van der Waals surface area contributed by atoms with Crippen molar-refractivity contribution in [3.8, 4) is 11.1 Å². The van der Waals surface area contributed by atoms with E-state index in [4.69, 9.17) is 16.6 Å². The summed E-state index contributed by atoms with van der Waals surface area (Å²) in [6.07, 6.45) is 0.772. The fraction of sp³-hybridized carbons (Fsp3) is 0.182. The van der Waals surface area contributed by atoms with Gasteiger partial charge < -0.3 is 0 Å². The van der Waals surface area contributed by atoms with Gasteiger partial charge in [-0.2, -0.15) is 0 Å². The zero-order valence-electron chi connectivity index (χ0n) is 15.7. The number of aromatic nitrogens is 3. The van der Waals surface area contributed by atoms with Crippen molar-refractivity contribution in [1.29, 1.82) is 0 Å². The number of rotatable bonds is 5. The van der Waals surface area contributed by atoms with Crippen LogP contribution in [-0.2, 0) is 12.2 Å². The summed E-state index contributed by atoms with van der Waals surface area (Å²) in [6.45, 7) is 4.13. The summed E-state index contributed by atoms with van der Waals surface area (Å²) in [7, 11) is 0. The molecule has 0 amide bonds. The highest BCUT2D eigenvalue weighted by molar-refractivity contribution is 7.98. The molecule has 0 unspecified atom stereocenters. The first-order valence-electron chi connectivity index (χ1n) is 9.14. The quantitative estimate of drug-likeness (QED) is 0.442. The molecule has 0 fully saturated rings. The Bertz CT molecular complexity index is 1180. The van der Waals surface area contributed by atoms with Gasteiger partial charge in [-0.1, -0.05) is 48.4 Å². The largest absolute Gasteiger partial charge is 0.293 e. The molecule has 0 atom stereocenters. The first-order valence-corrected chi connectivity index (χ1v) is 10.5. The Balaban J connectivity index is 1.75. The lowest BCUT2D eigenvalue weighted by Gasteiger charge is -2.05. The third-order valence-electron chi connectivity index (χ3n) is 4.64. The van der Waals surface area contributed by atoms with Gasteiger partial charge in [0.2, 0.25) is 0 Å². The van der Waals surface area contributed by atoms with E-state index in [2.05, 4.69) is 43.2 Å². The normalized spacial score (nSPS) is 11.2. The molecular weight excluding hydrogens is 390 g/mol. The number of aromatic amines is 1. The van der Waals surface area contributed by atoms with Crippen LogP contribution in [0.25, 0.3) is 16.8 Å². The van der Waals surface area contributed by atoms with Crippen LogP contribution >= 0.6 is 23.4 Å². The number of benzene rings is 2. The maximum Gasteiger partial charge on any atom is 0.272 e. The van der Waals surface area contributed by atoms with E-state index in [0.29, 0.717) is 16.4 Å². The first kappa shape index (κ1) is 18.8. The standard InChI is InChI=1S/C22H20ClN3OS/c1-3-19-21(15-6-8-16(23)9-7-15)22-24-17(12-20(27)26(22)25-19)13-28-18-10-4-14(2)5-11-18/h4-12,25H,3,13H2,1-2H3. The summed E-state index contributed by atoms with van der Waals surface area (Å²) in [5.41, 5.74) is 5.50. The van der Waals surface area contributed by atoms with Crippen molar-refractivity contribution >= 4 is 29.0 Å². The molecule has 1 N–H and O–H groups in total. The van der Waals surface area contributed by atoms with E-state index in [1.807, 2.05) is 24.3 Å². The minimum atomic E-state index is -0.0978. The first-order chi connectivity index (χ1) is 13.5. The van der Waals surface area contributed by atoms with Gasteiger partial charge in [0.25, 0.3) is 5.56 Å². The number of hydrogen-bond acceptors (Lipinski definition) is 3. The van der Waals surface area contributed by atoms with Gasteiger partial charge in [-0.25, -0.2) is 9.50 Å². The minimum absolute atomic E-state index is 0.0978. The highest BCUT2D eigenvalue weighted by Crippen LogP contribution is 2.29. The molecule has 0 aliphatic rings. The van der Waals surface area contributed by atoms with Crippen LogP contribution in [0.5, 0.6) is 0 Å². The smallest absolute Gasteiger partial charge is 0.272 e. The summed E-state index contributed by atoms with van der Waals surface area (Å²) in [5, 5.41) is 3.89. The maximum absolute atomic E-state index is 12.7. The van der Waals surface area contributed by atoms with Crippen LogP contribution in [0.3, 0.4) is 0 Å². The van der Waals surface area contributed by atoms with Gasteiger partial charge in [0.15, 0.2) is 5.65 Å². The Morgan fingerprint density at radius 1 is 1.11 bits per heavy atom. The van der Waals surface area contributed by atoms with Gasteiger partial charge in [0, 0.05) is 33.0 Å². The fourth-order valence-electron chi connectivity index (χ4n) is 3.17. The summed E-state index contributed by atoms with van der Waals surface area (Å²) in [5.74, 6) is 0.640. The van der Waals surface area contributed by atoms with Crippen LogP contribution in [0.1, 0.15) is 23.9 Å². The summed E-state index contributed by atoms with van der Waals surface area (Å²) < 4.78 is 1.53. The van der Waals surface area contributed by atoms with Crippen molar-refractivity contribution in [1.82, 2.24) is 14.6 Å². The molecule has 2 aromatic carbocycles. The summed E-state index contributed by atoms with van der Waals surface area (Å²) in [6, 6.07) is 17.6. The maximum atomic E-state index is 12.7. The Labute approximate surface area is 172 Å². The Morgan fingerprint density at radius 3 is 2.50 bits per heavy atom. The van der Waals surface area contributed by atoms with Crippen molar-refractivity contribution in [2.75, 3.05) is 0 Å². The molecule has 6 heteroatoms. The van der Waals surface area contributed by atoms with E-state index in [1.54, 1.807) is 17.8 Å². The van der Waals surface area contributed by atoms with Gasteiger partial charge in [-0.15, -0.1) is 11.8 Å². The lowest BCUT2D eigenvalue weighted by Crippen LogP contribution is -2.15. The molecule has 0 saturated carbocycles. The second kappa shape index (κ2) is 7.86. The van der Waals surface area contributed by atoms with Crippen LogP contribution < -0.4 is 5.56 Å². The number of fused-ring (bicyclic) bond motifs is 1. The monoisotopic (exact) mass is 409 g/mol. The molecule has 4 nitrogen and oxygen atoms in total. The number of hydrogen-bond donors (Lipinski definition) is 1. The second-order valence-corrected chi connectivity index (χ2v) is 8.16. The van der Waals surface area contributed by atoms with E-state index in [-0.39, 0.29) is 5.56 Å². The third kappa shape index (κ3) is 3.73. The Hall–Kier alpha value is -2.50. The number of thioether (sulfide) groups is 1. The Kier molecular flexibility index (Phi) is 5.29. The van der Waals surface area contributed by atoms with Gasteiger partial charge >= 0.3 is 0 Å². The zero-order valence-corrected chi connectivity index (χ0v) is 17.3. The van der Waals surface area contributed by atoms with Gasteiger partial charge in [0.1, 0.15) is 0 Å². The molecule has 28 heavy (non-hydrogen) atoms. The number of nitrogens with one attached hydrogen (secondary N) is 1. The fourth-order valence-corrected chi connectivity index (χ4v) is 4.09. The molecule has 0 aliphatic heterocycles. The van der Waals surface area contributed by atoms with Crippen molar-refractivity contribution in [3.63, 3.8) is 0 Å². The van der Waals surface area contributed by atoms with Crippen LogP contribution in [0.4, 0.5) is 0 Å². The Morgan fingerprint density at radius 2 is 1.82 bits per heavy atom. The van der Waals surface area contributed by atoms with E-state index in [0.717, 1.165) is 33.8 Å². The number of H-pyrrole nitrogens is 1. The van der Waals surface area contributed by atoms with E-state index >= 15 is 0 Å². The topological polar surface area (TPSA) is 50.2 Å². The van der Waals surface area contributed by atoms with Crippen molar-refractivity contribution in [2.45, 2.75) is 30.9 Å².